The van der Waals surface area contributed by atoms with Gasteiger partial charge in [0.05, 0.1) is 17.2 Å². The summed E-state index contributed by atoms with van der Waals surface area (Å²) in [5, 5.41) is 2.82. The number of carbonyl (C=O) groups excluding carboxylic acids is 1. The van der Waals surface area contributed by atoms with E-state index in [1.165, 1.54) is 4.31 Å². The summed E-state index contributed by atoms with van der Waals surface area (Å²) in [6.45, 7) is 4.41. The Morgan fingerprint density at radius 1 is 1.00 bits per heavy atom. The normalized spacial score (nSPS) is 13.8. The smallest absolute Gasteiger partial charge is 0.265 e. The molecule has 0 atom stereocenters. The third-order valence-corrected chi connectivity index (χ3v) is 6.97. The van der Waals surface area contributed by atoms with Gasteiger partial charge in [-0.1, -0.05) is 42.0 Å². The van der Waals surface area contributed by atoms with Crippen LogP contribution in [0.1, 0.15) is 18.1 Å². The van der Waals surface area contributed by atoms with Gasteiger partial charge in [0.25, 0.3) is 10.0 Å². The van der Waals surface area contributed by atoms with E-state index in [4.69, 9.17) is 4.74 Å². The van der Waals surface area contributed by atoms with Gasteiger partial charge in [0.15, 0.2) is 0 Å². The molecule has 0 bridgehead atoms. The summed E-state index contributed by atoms with van der Waals surface area (Å²) in [4.78, 5) is 12.9. The molecule has 1 N–H and O–H groups in total. The molecular formula is C24H24N2O4S. The molecule has 0 unspecified atom stereocenters. The number of amides is 1. The minimum absolute atomic E-state index is 0.213. The van der Waals surface area contributed by atoms with E-state index in [1.807, 2.05) is 56.3 Å². The highest BCUT2D eigenvalue weighted by Crippen LogP contribution is 2.43. The van der Waals surface area contributed by atoms with E-state index in [9.17, 15) is 13.2 Å². The van der Waals surface area contributed by atoms with Gasteiger partial charge in [0.2, 0.25) is 5.91 Å². The summed E-state index contributed by atoms with van der Waals surface area (Å²) >= 11 is 0. The lowest BCUT2D eigenvalue weighted by molar-refractivity contribution is -0.119. The first-order chi connectivity index (χ1) is 14.9. The number of nitrogens with one attached hydrogen (secondary N) is 1. The number of hydrogen-bond acceptors (Lipinski definition) is 4. The molecule has 0 spiro atoms. The van der Waals surface area contributed by atoms with Crippen molar-refractivity contribution >= 4 is 21.6 Å². The molecular weight excluding hydrogens is 412 g/mol. The first kappa shape index (κ1) is 20.9. The number of ether oxygens (including phenoxy) is 1. The quantitative estimate of drug-likeness (QED) is 0.636. The molecule has 0 aliphatic carbocycles. The molecule has 1 aliphatic heterocycles. The van der Waals surface area contributed by atoms with Crippen molar-refractivity contribution in [1.82, 2.24) is 5.32 Å². The number of benzene rings is 3. The molecule has 0 saturated carbocycles. The molecule has 1 aliphatic rings. The van der Waals surface area contributed by atoms with Crippen LogP contribution in [0.25, 0.3) is 11.1 Å². The van der Waals surface area contributed by atoms with E-state index < -0.39 is 10.0 Å². The van der Waals surface area contributed by atoms with Gasteiger partial charge in [-0.3, -0.25) is 9.10 Å². The fourth-order valence-corrected chi connectivity index (χ4v) is 5.36. The lowest BCUT2D eigenvalue weighted by atomic mass is 10.0. The predicted molar refractivity (Wildman–Crippen MR) is 121 cm³/mol. The van der Waals surface area contributed by atoms with Crippen LogP contribution in [-0.2, 0) is 21.4 Å². The average Bonchev–Trinajstić information content (AvgIpc) is 2.76. The van der Waals surface area contributed by atoms with Crippen LogP contribution in [0.4, 0.5) is 5.69 Å². The Morgan fingerprint density at radius 3 is 2.61 bits per heavy atom. The number of hydrogen-bond donors (Lipinski definition) is 1. The van der Waals surface area contributed by atoms with Gasteiger partial charge in [-0.25, -0.2) is 8.42 Å². The van der Waals surface area contributed by atoms with Crippen LogP contribution >= 0.6 is 0 Å². The summed E-state index contributed by atoms with van der Waals surface area (Å²) in [6.07, 6.45) is 0. The van der Waals surface area contributed by atoms with Crippen molar-refractivity contribution in [3.63, 3.8) is 0 Å². The zero-order valence-electron chi connectivity index (χ0n) is 17.5. The molecule has 0 fully saturated rings. The van der Waals surface area contributed by atoms with Crippen LogP contribution in [0.3, 0.4) is 0 Å². The molecule has 3 aromatic carbocycles. The van der Waals surface area contributed by atoms with Crippen LogP contribution in [0, 0.1) is 6.92 Å². The van der Waals surface area contributed by atoms with E-state index in [1.54, 1.807) is 24.3 Å². The third kappa shape index (κ3) is 4.14. The lowest BCUT2D eigenvalue weighted by Crippen LogP contribution is -2.42. The highest BCUT2D eigenvalue weighted by Gasteiger charge is 2.35. The van der Waals surface area contributed by atoms with Crippen LogP contribution < -0.4 is 14.4 Å². The minimum atomic E-state index is -3.85. The van der Waals surface area contributed by atoms with Gasteiger partial charge in [0.1, 0.15) is 12.3 Å². The Morgan fingerprint density at radius 2 is 1.81 bits per heavy atom. The fraction of sp³-hybridized carbons (Fsp3) is 0.208. The Labute approximate surface area is 182 Å². The van der Waals surface area contributed by atoms with Crippen molar-refractivity contribution in [3.8, 4) is 16.9 Å². The molecule has 7 heteroatoms. The van der Waals surface area contributed by atoms with Crippen molar-refractivity contribution in [3.05, 3.63) is 77.9 Å². The van der Waals surface area contributed by atoms with Gasteiger partial charge in [-0.2, -0.15) is 0 Å². The molecule has 31 heavy (non-hydrogen) atoms. The maximum Gasteiger partial charge on any atom is 0.265 e. The summed E-state index contributed by atoms with van der Waals surface area (Å²) in [7, 11) is -3.85. The highest BCUT2D eigenvalue weighted by atomic mass is 32.2. The Hall–Kier alpha value is -3.32. The Bertz CT molecular complexity index is 1240. The summed E-state index contributed by atoms with van der Waals surface area (Å²) < 4.78 is 33.3. The van der Waals surface area contributed by atoms with Gasteiger partial charge < -0.3 is 10.1 Å². The molecule has 0 saturated heterocycles. The molecule has 0 radical (unpaired) electrons. The standard InChI is InChI=1S/C24H24N2O4S/c1-3-30-19-8-6-7-18(14-19)15-25-24(27)16-26-22-12-11-17(2)13-21(22)20-9-4-5-10-23(20)31(26,28)29/h4-14H,3,15-16H2,1-2H3,(H,25,27). The SMILES string of the molecule is CCOc1cccc(CNC(=O)CN2c3ccc(C)cc3-c3ccccc3S2(=O)=O)c1. The molecule has 4 rings (SSSR count). The average molecular weight is 437 g/mol. The maximum atomic E-state index is 13.3. The summed E-state index contributed by atoms with van der Waals surface area (Å²) in [5.74, 6) is 0.352. The number of fused-ring (bicyclic) bond motifs is 3. The molecule has 1 heterocycles. The topological polar surface area (TPSA) is 75.7 Å². The second-order valence-electron chi connectivity index (χ2n) is 7.39. The van der Waals surface area contributed by atoms with Crippen molar-refractivity contribution in [2.24, 2.45) is 0 Å². The second-order valence-corrected chi connectivity index (χ2v) is 9.22. The molecule has 160 valence electrons. The minimum Gasteiger partial charge on any atom is -0.494 e. The zero-order valence-corrected chi connectivity index (χ0v) is 18.3. The highest BCUT2D eigenvalue weighted by molar-refractivity contribution is 7.93. The second kappa shape index (κ2) is 8.43. The van der Waals surface area contributed by atoms with Crippen LogP contribution in [0.2, 0.25) is 0 Å². The van der Waals surface area contributed by atoms with E-state index >= 15 is 0 Å². The summed E-state index contributed by atoms with van der Waals surface area (Å²) in [5.41, 5.74) is 3.87. The number of anilines is 1. The molecule has 3 aromatic rings. The first-order valence-corrected chi connectivity index (χ1v) is 11.6. The predicted octanol–water partition coefficient (Wildman–Crippen LogP) is 3.89. The van der Waals surface area contributed by atoms with Gasteiger partial charge in [-0.15, -0.1) is 0 Å². The number of rotatable bonds is 6. The largest absolute Gasteiger partial charge is 0.494 e. The number of carbonyl (C=O) groups is 1. The zero-order chi connectivity index (χ0) is 22.0. The number of nitrogens with zero attached hydrogens (tertiary/aromatic N) is 1. The number of aryl methyl sites for hydroxylation is 1. The monoisotopic (exact) mass is 436 g/mol. The van der Waals surface area contributed by atoms with Crippen molar-refractivity contribution < 1.29 is 17.9 Å². The maximum absolute atomic E-state index is 13.3. The Balaban J connectivity index is 1.58. The third-order valence-electron chi connectivity index (χ3n) is 5.15. The van der Waals surface area contributed by atoms with E-state index in [0.717, 1.165) is 22.4 Å². The van der Waals surface area contributed by atoms with E-state index in [2.05, 4.69) is 5.32 Å². The van der Waals surface area contributed by atoms with Crippen molar-refractivity contribution in [1.29, 1.82) is 0 Å². The van der Waals surface area contributed by atoms with E-state index in [-0.39, 0.29) is 23.9 Å². The van der Waals surface area contributed by atoms with E-state index in [0.29, 0.717) is 17.9 Å². The van der Waals surface area contributed by atoms with Crippen molar-refractivity contribution in [2.45, 2.75) is 25.3 Å². The van der Waals surface area contributed by atoms with Gasteiger partial charge >= 0.3 is 0 Å². The van der Waals surface area contributed by atoms with Crippen LogP contribution in [0.5, 0.6) is 5.75 Å². The number of sulfonamides is 1. The van der Waals surface area contributed by atoms with Crippen LogP contribution in [0.15, 0.2) is 71.6 Å². The molecule has 0 aromatic heterocycles. The Kier molecular flexibility index (Phi) is 5.69. The molecule has 1 amide bonds. The van der Waals surface area contributed by atoms with Crippen molar-refractivity contribution in [2.75, 3.05) is 17.5 Å². The molecule has 6 nitrogen and oxygen atoms in total. The van der Waals surface area contributed by atoms with Gasteiger partial charge in [0, 0.05) is 17.7 Å². The first-order valence-electron chi connectivity index (χ1n) is 10.1. The summed E-state index contributed by atoms with van der Waals surface area (Å²) in [6, 6.07) is 19.9. The fourth-order valence-electron chi connectivity index (χ4n) is 3.71. The van der Waals surface area contributed by atoms with Crippen LogP contribution in [-0.4, -0.2) is 27.5 Å². The van der Waals surface area contributed by atoms with Gasteiger partial charge in [-0.05, 0) is 49.7 Å². The lowest BCUT2D eigenvalue weighted by Gasteiger charge is -2.31.